The van der Waals surface area contributed by atoms with Crippen LogP contribution in [0.25, 0.3) is 21.9 Å². The van der Waals surface area contributed by atoms with Crippen molar-refractivity contribution in [3.8, 4) is 0 Å². The molecule has 8 heteroatoms. The van der Waals surface area contributed by atoms with Gasteiger partial charge in [-0.15, -0.1) is 0 Å². The van der Waals surface area contributed by atoms with E-state index in [4.69, 9.17) is 25.7 Å². The Kier molecular flexibility index (Phi) is 6.98. The molecule has 4 rings (SSSR count). The van der Waals surface area contributed by atoms with Gasteiger partial charge in [0.15, 0.2) is 5.16 Å². The second-order valence-corrected chi connectivity index (χ2v) is 8.74. The maximum absolute atomic E-state index is 13.1. The number of rotatable bonds is 8. The first-order valence-corrected chi connectivity index (χ1v) is 11.7. The van der Waals surface area contributed by atoms with Crippen LogP contribution in [0.4, 0.5) is 0 Å². The maximum atomic E-state index is 13.1. The Bertz CT molecular complexity index is 1400. The van der Waals surface area contributed by atoms with Gasteiger partial charge in [0.1, 0.15) is 5.58 Å². The number of thioether (sulfide) groups is 1. The van der Waals surface area contributed by atoms with Gasteiger partial charge < -0.3 is 9.15 Å². The van der Waals surface area contributed by atoms with Gasteiger partial charge in [0.2, 0.25) is 0 Å². The number of methoxy groups -OCH3 is 1. The van der Waals surface area contributed by atoms with Gasteiger partial charge >= 0.3 is 5.63 Å². The van der Waals surface area contributed by atoms with Crippen molar-refractivity contribution >= 4 is 45.2 Å². The summed E-state index contributed by atoms with van der Waals surface area (Å²) < 4.78 is 12.2. The van der Waals surface area contributed by atoms with E-state index in [1.165, 1.54) is 17.8 Å². The van der Waals surface area contributed by atoms with Gasteiger partial charge in [-0.05, 0) is 48.2 Å². The van der Waals surface area contributed by atoms with Gasteiger partial charge in [-0.2, -0.15) is 0 Å². The molecule has 2 heterocycles. The zero-order chi connectivity index (χ0) is 22.7. The van der Waals surface area contributed by atoms with E-state index < -0.39 is 5.63 Å². The molecular weight excluding hydrogens is 448 g/mol. The van der Waals surface area contributed by atoms with E-state index >= 15 is 0 Å². The van der Waals surface area contributed by atoms with Crippen molar-refractivity contribution in [2.24, 2.45) is 0 Å². The Morgan fingerprint density at radius 3 is 2.72 bits per heavy atom. The molecule has 0 atom stereocenters. The fourth-order valence-corrected chi connectivity index (χ4v) is 4.96. The van der Waals surface area contributed by atoms with Crippen molar-refractivity contribution in [1.29, 1.82) is 0 Å². The maximum Gasteiger partial charge on any atom is 0.336 e. The lowest BCUT2D eigenvalue weighted by Crippen LogP contribution is -2.24. The average molecular weight is 471 g/mol. The molecule has 4 aromatic rings. The minimum atomic E-state index is -0.415. The Morgan fingerprint density at radius 1 is 1.12 bits per heavy atom. The quantitative estimate of drug-likeness (QED) is 0.155. The molecule has 0 radical (unpaired) electrons. The van der Waals surface area contributed by atoms with Crippen molar-refractivity contribution in [2.45, 2.75) is 37.2 Å². The van der Waals surface area contributed by atoms with Gasteiger partial charge in [-0.25, -0.2) is 9.78 Å². The molecule has 2 aromatic carbocycles. The molecule has 0 aliphatic carbocycles. The standard InChI is InChI=1S/C24H23ClN2O4S/c1-3-15-11-21-18(13-19(15)25)16(12-22(28)31-21)14-32-24-26-20-8-5-4-7-17(20)23(29)27(24)9-6-10-30-2/h4-5,7-8,11-13H,3,6,9-10,14H2,1-2H3. The van der Waals surface area contributed by atoms with Gasteiger partial charge in [0.25, 0.3) is 5.56 Å². The summed E-state index contributed by atoms with van der Waals surface area (Å²) in [4.78, 5) is 30.0. The van der Waals surface area contributed by atoms with Crippen molar-refractivity contribution < 1.29 is 9.15 Å². The minimum absolute atomic E-state index is 0.0812. The van der Waals surface area contributed by atoms with E-state index in [2.05, 4.69) is 0 Å². The third-order valence-electron chi connectivity index (χ3n) is 5.29. The summed E-state index contributed by atoms with van der Waals surface area (Å²) in [5, 5.41) is 2.61. The van der Waals surface area contributed by atoms with Crippen LogP contribution >= 0.6 is 23.4 Å². The number of fused-ring (bicyclic) bond motifs is 2. The third-order valence-corrected chi connectivity index (χ3v) is 6.67. The van der Waals surface area contributed by atoms with Gasteiger partial charge in [0.05, 0.1) is 10.9 Å². The highest BCUT2D eigenvalue weighted by atomic mass is 35.5. The van der Waals surface area contributed by atoms with E-state index in [0.717, 1.165) is 22.9 Å². The van der Waals surface area contributed by atoms with E-state index in [9.17, 15) is 9.59 Å². The van der Waals surface area contributed by atoms with Crippen molar-refractivity contribution in [3.05, 3.63) is 79.4 Å². The lowest BCUT2D eigenvalue weighted by atomic mass is 10.1. The lowest BCUT2D eigenvalue weighted by molar-refractivity contribution is 0.189. The number of halogens is 1. The average Bonchev–Trinajstić information content (AvgIpc) is 2.79. The van der Waals surface area contributed by atoms with Crippen molar-refractivity contribution in [2.75, 3.05) is 13.7 Å². The van der Waals surface area contributed by atoms with Crippen LogP contribution < -0.4 is 11.2 Å². The van der Waals surface area contributed by atoms with Gasteiger partial charge in [-0.3, -0.25) is 9.36 Å². The van der Waals surface area contributed by atoms with Crippen LogP contribution in [-0.2, 0) is 23.5 Å². The van der Waals surface area contributed by atoms with Crippen molar-refractivity contribution in [3.63, 3.8) is 0 Å². The SMILES string of the molecule is CCc1cc2oc(=O)cc(CSc3nc4ccccc4c(=O)n3CCCOC)c2cc1Cl. The molecule has 0 saturated heterocycles. The molecule has 0 spiro atoms. The van der Waals surface area contributed by atoms with E-state index in [-0.39, 0.29) is 5.56 Å². The Labute approximate surface area is 194 Å². The molecule has 0 N–H and O–H groups in total. The third kappa shape index (κ3) is 4.60. The van der Waals surface area contributed by atoms with Gasteiger partial charge in [0, 0.05) is 42.5 Å². The number of hydrogen-bond donors (Lipinski definition) is 0. The molecular formula is C24H23ClN2O4S. The smallest absolute Gasteiger partial charge is 0.336 e. The highest BCUT2D eigenvalue weighted by Gasteiger charge is 2.14. The highest BCUT2D eigenvalue weighted by molar-refractivity contribution is 7.98. The lowest BCUT2D eigenvalue weighted by Gasteiger charge is -2.13. The summed E-state index contributed by atoms with van der Waals surface area (Å²) in [6.45, 7) is 3.04. The Balaban J connectivity index is 1.75. The number of nitrogens with zero attached hydrogens (tertiary/aromatic N) is 2. The minimum Gasteiger partial charge on any atom is -0.423 e. The fourth-order valence-electron chi connectivity index (χ4n) is 3.64. The summed E-state index contributed by atoms with van der Waals surface area (Å²) in [5.41, 5.74) is 2.38. The first-order chi connectivity index (χ1) is 15.5. The first kappa shape index (κ1) is 22.6. The molecule has 0 aliphatic rings. The molecule has 0 saturated carbocycles. The number of para-hydroxylation sites is 1. The molecule has 2 aromatic heterocycles. The van der Waals surface area contributed by atoms with Crippen LogP contribution in [0.15, 0.2) is 61.6 Å². The summed E-state index contributed by atoms with van der Waals surface area (Å²) in [6.07, 6.45) is 1.43. The van der Waals surface area contributed by atoms with Crippen LogP contribution in [0.2, 0.25) is 5.02 Å². The predicted octanol–water partition coefficient (Wildman–Crippen LogP) is 5.05. The summed E-state index contributed by atoms with van der Waals surface area (Å²) >= 11 is 7.83. The highest BCUT2D eigenvalue weighted by Crippen LogP contribution is 2.30. The molecule has 0 amide bonds. The number of aromatic nitrogens is 2. The summed E-state index contributed by atoms with van der Waals surface area (Å²) in [5.74, 6) is 0.443. The van der Waals surface area contributed by atoms with Crippen LogP contribution in [0.5, 0.6) is 0 Å². The van der Waals surface area contributed by atoms with E-state index in [1.54, 1.807) is 17.7 Å². The Hall–Kier alpha value is -2.61. The second-order valence-electron chi connectivity index (χ2n) is 7.39. The molecule has 32 heavy (non-hydrogen) atoms. The fraction of sp³-hybridized carbons (Fsp3) is 0.292. The largest absolute Gasteiger partial charge is 0.423 e. The zero-order valence-electron chi connectivity index (χ0n) is 17.9. The molecule has 0 bridgehead atoms. The monoisotopic (exact) mass is 470 g/mol. The zero-order valence-corrected chi connectivity index (χ0v) is 19.5. The predicted molar refractivity (Wildman–Crippen MR) is 129 cm³/mol. The molecule has 6 nitrogen and oxygen atoms in total. The summed E-state index contributed by atoms with van der Waals surface area (Å²) in [6, 6.07) is 12.5. The molecule has 0 aliphatic heterocycles. The van der Waals surface area contributed by atoms with E-state index in [0.29, 0.717) is 52.0 Å². The van der Waals surface area contributed by atoms with Crippen LogP contribution in [0.3, 0.4) is 0 Å². The van der Waals surface area contributed by atoms with Gasteiger partial charge in [-0.1, -0.05) is 42.4 Å². The molecule has 0 fully saturated rings. The topological polar surface area (TPSA) is 74.3 Å². The number of hydrogen-bond acceptors (Lipinski definition) is 6. The number of ether oxygens (including phenoxy) is 1. The van der Waals surface area contributed by atoms with E-state index in [1.807, 2.05) is 37.3 Å². The van der Waals surface area contributed by atoms with Crippen LogP contribution in [-0.4, -0.2) is 23.3 Å². The number of benzene rings is 2. The second kappa shape index (κ2) is 9.90. The first-order valence-electron chi connectivity index (χ1n) is 10.4. The molecule has 166 valence electrons. The van der Waals surface area contributed by atoms with Crippen LogP contribution in [0.1, 0.15) is 24.5 Å². The summed E-state index contributed by atoms with van der Waals surface area (Å²) in [7, 11) is 1.64. The molecule has 0 unspecified atom stereocenters. The normalized spacial score (nSPS) is 11.5. The Morgan fingerprint density at radius 2 is 1.94 bits per heavy atom. The van der Waals surface area contributed by atoms with Crippen molar-refractivity contribution in [1.82, 2.24) is 9.55 Å². The van der Waals surface area contributed by atoms with Crippen LogP contribution in [0, 0.1) is 0 Å². The number of aryl methyl sites for hydroxylation is 1.